The lowest BCUT2D eigenvalue weighted by molar-refractivity contribution is -0.385. The lowest BCUT2D eigenvalue weighted by Gasteiger charge is -2.30. The Balaban J connectivity index is 1.69. The summed E-state index contributed by atoms with van der Waals surface area (Å²) in [6.07, 6.45) is 2.59. The summed E-state index contributed by atoms with van der Waals surface area (Å²) in [5, 5.41) is 13.7. The highest BCUT2D eigenvalue weighted by molar-refractivity contribution is 5.79. The van der Waals surface area contributed by atoms with Crippen LogP contribution in [-0.4, -0.2) is 39.9 Å². The summed E-state index contributed by atoms with van der Waals surface area (Å²) in [7, 11) is 0. The van der Waals surface area contributed by atoms with Crippen molar-refractivity contribution in [1.29, 1.82) is 0 Å². The van der Waals surface area contributed by atoms with E-state index in [1.165, 1.54) is 6.07 Å². The predicted octanol–water partition coefficient (Wildman–Crippen LogP) is 1.87. The van der Waals surface area contributed by atoms with Crippen molar-refractivity contribution in [3.63, 3.8) is 0 Å². The van der Waals surface area contributed by atoms with Gasteiger partial charge in [0.1, 0.15) is 6.20 Å². The standard InChI is InChI=1S/C15H19N5O4/c1-9(2)17-14(21)10-3-5-19(6-4-10)15-18-13-12(24-15)7-11(8-16-13)20(22)23/h7-10H,3-6H2,1-2H3,(H,17,21). The zero-order valence-corrected chi connectivity index (χ0v) is 13.6. The second-order valence-corrected chi connectivity index (χ2v) is 6.19. The number of carbonyl (C=O) groups is 1. The molecule has 1 aliphatic rings. The number of aromatic nitrogens is 2. The molecule has 0 aromatic carbocycles. The highest BCUT2D eigenvalue weighted by Crippen LogP contribution is 2.27. The second kappa shape index (κ2) is 6.42. The molecule has 0 radical (unpaired) electrons. The van der Waals surface area contributed by atoms with Gasteiger partial charge in [0.25, 0.3) is 11.7 Å². The molecule has 9 heteroatoms. The maximum Gasteiger partial charge on any atom is 0.299 e. The normalized spacial score (nSPS) is 15.9. The molecule has 0 aliphatic carbocycles. The largest absolute Gasteiger partial charge is 0.421 e. The molecule has 24 heavy (non-hydrogen) atoms. The number of rotatable bonds is 4. The maximum atomic E-state index is 12.1. The third-order valence-corrected chi connectivity index (χ3v) is 4.00. The minimum atomic E-state index is -0.520. The molecule has 2 aromatic rings. The molecule has 9 nitrogen and oxygen atoms in total. The van der Waals surface area contributed by atoms with E-state index in [2.05, 4.69) is 15.3 Å². The van der Waals surface area contributed by atoms with E-state index >= 15 is 0 Å². The molecule has 1 fully saturated rings. The van der Waals surface area contributed by atoms with Crippen molar-refractivity contribution >= 4 is 28.8 Å². The first-order valence-corrected chi connectivity index (χ1v) is 7.90. The molecule has 1 aliphatic heterocycles. The fourth-order valence-corrected chi connectivity index (χ4v) is 2.77. The van der Waals surface area contributed by atoms with Crippen molar-refractivity contribution in [1.82, 2.24) is 15.3 Å². The number of oxazole rings is 1. The first kappa shape index (κ1) is 16.2. The van der Waals surface area contributed by atoms with Crippen LogP contribution >= 0.6 is 0 Å². The van der Waals surface area contributed by atoms with Crippen molar-refractivity contribution in [2.45, 2.75) is 32.7 Å². The summed E-state index contributed by atoms with van der Waals surface area (Å²) in [4.78, 5) is 32.5. The molecule has 128 valence electrons. The Morgan fingerprint density at radius 2 is 2.17 bits per heavy atom. The number of nitro groups is 1. The van der Waals surface area contributed by atoms with Gasteiger partial charge in [-0.15, -0.1) is 0 Å². The molecule has 3 rings (SSSR count). The zero-order chi connectivity index (χ0) is 17.3. The summed E-state index contributed by atoms with van der Waals surface area (Å²) < 4.78 is 5.61. The Bertz CT molecular complexity index is 764. The van der Waals surface area contributed by atoms with Crippen LogP contribution in [0.1, 0.15) is 26.7 Å². The maximum absolute atomic E-state index is 12.1. The first-order chi connectivity index (χ1) is 11.4. The van der Waals surface area contributed by atoms with Gasteiger partial charge in [0.05, 0.1) is 11.0 Å². The van der Waals surface area contributed by atoms with Crippen LogP contribution in [0.2, 0.25) is 0 Å². The molecular weight excluding hydrogens is 314 g/mol. The summed E-state index contributed by atoms with van der Waals surface area (Å²) in [5.41, 5.74) is 0.503. The monoisotopic (exact) mass is 333 g/mol. The Morgan fingerprint density at radius 3 is 2.79 bits per heavy atom. The summed E-state index contributed by atoms with van der Waals surface area (Å²) in [6.45, 7) is 5.17. The first-order valence-electron chi connectivity index (χ1n) is 7.90. The van der Waals surface area contributed by atoms with Gasteiger partial charge >= 0.3 is 0 Å². The van der Waals surface area contributed by atoms with Crippen LogP contribution in [0.25, 0.3) is 11.2 Å². The number of pyridine rings is 1. The molecule has 0 unspecified atom stereocenters. The number of piperidine rings is 1. The number of anilines is 1. The van der Waals surface area contributed by atoms with E-state index in [1.807, 2.05) is 18.7 Å². The zero-order valence-electron chi connectivity index (χ0n) is 13.6. The van der Waals surface area contributed by atoms with Gasteiger partial charge in [-0.1, -0.05) is 0 Å². The Kier molecular flexibility index (Phi) is 4.32. The highest BCUT2D eigenvalue weighted by Gasteiger charge is 2.27. The van der Waals surface area contributed by atoms with Crippen LogP contribution in [-0.2, 0) is 4.79 Å². The molecule has 0 bridgehead atoms. The Labute approximate surface area is 138 Å². The summed E-state index contributed by atoms with van der Waals surface area (Å²) in [5.74, 6) is 0.0757. The summed E-state index contributed by atoms with van der Waals surface area (Å²) in [6, 6.07) is 1.84. The summed E-state index contributed by atoms with van der Waals surface area (Å²) >= 11 is 0. The van der Waals surface area contributed by atoms with Crippen molar-refractivity contribution < 1.29 is 14.1 Å². The van der Waals surface area contributed by atoms with Crippen LogP contribution < -0.4 is 10.2 Å². The van der Waals surface area contributed by atoms with Crippen LogP contribution in [0.15, 0.2) is 16.7 Å². The lowest BCUT2D eigenvalue weighted by Crippen LogP contribution is -2.42. The van der Waals surface area contributed by atoms with E-state index in [9.17, 15) is 14.9 Å². The van der Waals surface area contributed by atoms with Gasteiger partial charge in [-0.3, -0.25) is 14.9 Å². The van der Waals surface area contributed by atoms with Crippen LogP contribution in [0, 0.1) is 16.0 Å². The molecular formula is C15H19N5O4. The van der Waals surface area contributed by atoms with Gasteiger partial charge in [0, 0.05) is 25.0 Å². The van der Waals surface area contributed by atoms with E-state index in [1.54, 1.807) is 0 Å². The van der Waals surface area contributed by atoms with Crippen molar-refractivity contribution in [3.05, 3.63) is 22.4 Å². The van der Waals surface area contributed by atoms with Gasteiger partial charge < -0.3 is 14.6 Å². The number of nitrogens with one attached hydrogen (secondary N) is 1. The second-order valence-electron chi connectivity index (χ2n) is 6.19. The van der Waals surface area contributed by atoms with E-state index in [-0.39, 0.29) is 23.6 Å². The SMILES string of the molecule is CC(C)NC(=O)C1CCN(c2nc3ncc([N+](=O)[O-])cc3o2)CC1. The fourth-order valence-electron chi connectivity index (χ4n) is 2.77. The quantitative estimate of drug-likeness (QED) is 0.671. The topological polar surface area (TPSA) is 114 Å². The van der Waals surface area contributed by atoms with E-state index < -0.39 is 4.92 Å². The lowest BCUT2D eigenvalue weighted by atomic mass is 9.96. The van der Waals surface area contributed by atoms with Gasteiger partial charge in [0.15, 0.2) is 5.58 Å². The van der Waals surface area contributed by atoms with Gasteiger partial charge in [0.2, 0.25) is 11.6 Å². The van der Waals surface area contributed by atoms with Crippen molar-refractivity contribution in [3.8, 4) is 0 Å². The third-order valence-electron chi connectivity index (χ3n) is 4.00. The smallest absolute Gasteiger partial charge is 0.299 e. The third kappa shape index (κ3) is 3.29. The number of hydrogen-bond donors (Lipinski definition) is 1. The molecule has 0 atom stereocenters. The number of amides is 1. The van der Waals surface area contributed by atoms with E-state index in [0.29, 0.717) is 43.2 Å². The predicted molar refractivity (Wildman–Crippen MR) is 86.7 cm³/mol. The highest BCUT2D eigenvalue weighted by atomic mass is 16.6. The van der Waals surface area contributed by atoms with Gasteiger partial charge in [-0.25, -0.2) is 4.98 Å². The number of carbonyl (C=O) groups excluding carboxylic acids is 1. The van der Waals surface area contributed by atoms with E-state index in [4.69, 9.17) is 4.42 Å². The average molecular weight is 333 g/mol. The minimum Gasteiger partial charge on any atom is -0.421 e. The van der Waals surface area contributed by atoms with Gasteiger partial charge in [-0.05, 0) is 26.7 Å². The van der Waals surface area contributed by atoms with Crippen LogP contribution in [0.3, 0.4) is 0 Å². The molecule has 1 N–H and O–H groups in total. The Morgan fingerprint density at radius 1 is 1.46 bits per heavy atom. The molecule has 3 heterocycles. The van der Waals surface area contributed by atoms with Crippen LogP contribution in [0.4, 0.5) is 11.7 Å². The van der Waals surface area contributed by atoms with Gasteiger partial charge in [-0.2, -0.15) is 4.98 Å². The number of hydrogen-bond acceptors (Lipinski definition) is 7. The number of fused-ring (bicyclic) bond motifs is 1. The molecule has 2 aromatic heterocycles. The molecule has 1 saturated heterocycles. The molecule has 0 spiro atoms. The Hall–Kier alpha value is -2.71. The molecule has 1 amide bonds. The minimum absolute atomic E-state index is 0.00718. The van der Waals surface area contributed by atoms with E-state index in [0.717, 1.165) is 6.20 Å². The fraction of sp³-hybridized carbons (Fsp3) is 0.533. The van der Waals surface area contributed by atoms with Crippen LogP contribution in [0.5, 0.6) is 0 Å². The number of nitrogens with zero attached hydrogens (tertiary/aromatic N) is 4. The van der Waals surface area contributed by atoms with Crippen molar-refractivity contribution in [2.75, 3.05) is 18.0 Å². The average Bonchev–Trinajstić information content (AvgIpc) is 2.97. The molecule has 0 saturated carbocycles. The van der Waals surface area contributed by atoms with Crippen molar-refractivity contribution in [2.24, 2.45) is 5.92 Å².